The quantitative estimate of drug-likeness (QED) is 0.338. The molecular formula is C33H42O7. The first-order valence-corrected chi connectivity index (χ1v) is 14.9. The highest BCUT2D eigenvalue weighted by molar-refractivity contribution is 5.78. The average Bonchev–Trinajstić information content (AvgIpc) is 2.85. The third-order valence-corrected chi connectivity index (χ3v) is 9.38. The molecule has 0 radical (unpaired) electrons. The molecule has 0 amide bonds. The molecule has 1 saturated heterocycles. The smallest absolute Gasteiger partial charge is 0.312 e. The van der Waals surface area contributed by atoms with Gasteiger partial charge < -0.3 is 19.3 Å². The van der Waals surface area contributed by atoms with Crippen LogP contribution < -0.4 is 4.74 Å². The second kappa shape index (κ2) is 11.9. The molecule has 0 aromatic heterocycles. The van der Waals surface area contributed by atoms with Crippen molar-refractivity contribution in [3.63, 3.8) is 0 Å². The maximum Gasteiger partial charge on any atom is 0.312 e. The summed E-state index contributed by atoms with van der Waals surface area (Å²) in [5.41, 5.74) is 1.75. The third kappa shape index (κ3) is 6.35. The van der Waals surface area contributed by atoms with Gasteiger partial charge in [0, 0.05) is 19.3 Å². The van der Waals surface area contributed by atoms with E-state index < -0.39 is 11.5 Å². The van der Waals surface area contributed by atoms with Gasteiger partial charge >= 0.3 is 17.9 Å². The molecule has 1 aliphatic heterocycles. The number of benzene rings is 1. The zero-order chi connectivity index (χ0) is 28.4. The van der Waals surface area contributed by atoms with E-state index in [2.05, 4.69) is 32.1 Å². The minimum Gasteiger partial charge on any atom is -0.462 e. The summed E-state index contributed by atoms with van der Waals surface area (Å²) in [6.45, 7) is 5.77. The Bertz CT molecular complexity index is 1160. The number of aliphatic hydroxyl groups excluding tert-OH is 1. The van der Waals surface area contributed by atoms with Crippen LogP contribution in [0.2, 0.25) is 0 Å². The van der Waals surface area contributed by atoms with Crippen molar-refractivity contribution in [3.8, 4) is 5.75 Å². The summed E-state index contributed by atoms with van der Waals surface area (Å²) in [6, 6.07) is 7.40. The first kappa shape index (κ1) is 28.6. The van der Waals surface area contributed by atoms with Crippen LogP contribution in [-0.2, 0) is 30.3 Å². The van der Waals surface area contributed by atoms with Gasteiger partial charge in [-0.15, -0.1) is 0 Å². The molecule has 1 aromatic carbocycles. The number of ether oxygens (including phenoxy) is 3. The van der Waals surface area contributed by atoms with Gasteiger partial charge in [-0.2, -0.15) is 0 Å². The lowest BCUT2D eigenvalue weighted by Gasteiger charge is -2.46. The minimum atomic E-state index is -0.633. The van der Waals surface area contributed by atoms with E-state index >= 15 is 0 Å². The highest BCUT2D eigenvalue weighted by Crippen LogP contribution is 2.49. The number of rotatable bonds is 8. The summed E-state index contributed by atoms with van der Waals surface area (Å²) in [6.07, 6.45) is 11.8. The van der Waals surface area contributed by atoms with E-state index in [-0.39, 0.29) is 48.4 Å². The first-order valence-electron chi connectivity index (χ1n) is 14.9. The number of carbonyl (C=O) groups is 3. The van der Waals surface area contributed by atoms with E-state index in [4.69, 9.17) is 14.2 Å². The fourth-order valence-corrected chi connectivity index (χ4v) is 7.19. The molecule has 5 rings (SSSR count). The number of allylic oxidation sites excluding steroid dienone is 3. The Kier molecular flexibility index (Phi) is 8.50. The lowest BCUT2D eigenvalue weighted by Crippen LogP contribution is -2.47. The highest BCUT2D eigenvalue weighted by atomic mass is 16.6. The maximum absolute atomic E-state index is 13.9. The number of aliphatic hydroxyl groups is 1. The zero-order valence-corrected chi connectivity index (χ0v) is 23.8. The van der Waals surface area contributed by atoms with Gasteiger partial charge in [0.15, 0.2) is 0 Å². The van der Waals surface area contributed by atoms with E-state index in [0.717, 1.165) is 37.7 Å². The van der Waals surface area contributed by atoms with Crippen molar-refractivity contribution >= 4 is 17.9 Å². The SMILES string of the molecule is CC(=O)Oc1ccc(CC2(C(=O)O[C@H]3C[C@@H](C)C=C4C=C[C@H](C)[C@H](CC[C@@H]5C[C@@H](O)CC(=O)O5)[C@H]43)CCC2)cc1. The monoisotopic (exact) mass is 550 g/mol. The van der Waals surface area contributed by atoms with Gasteiger partial charge in [-0.3, -0.25) is 14.4 Å². The van der Waals surface area contributed by atoms with Crippen molar-refractivity contribution < 1.29 is 33.7 Å². The maximum atomic E-state index is 13.9. The van der Waals surface area contributed by atoms with E-state index in [1.54, 1.807) is 12.1 Å². The van der Waals surface area contributed by atoms with Gasteiger partial charge in [-0.05, 0) is 79.5 Å². The number of cyclic esters (lactones) is 1. The molecule has 40 heavy (non-hydrogen) atoms. The summed E-state index contributed by atoms with van der Waals surface area (Å²) in [7, 11) is 0. The van der Waals surface area contributed by atoms with Gasteiger partial charge in [-0.25, -0.2) is 0 Å². The number of fused-ring (bicyclic) bond motifs is 1. The molecule has 1 N–H and O–H groups in total. The van der Waals surface area contributed by atoms with Crippen molar-refractivity contribution in [1.82, 2.24) is 0 Å². The second-order valence-electron chi connectivity index (χ2n) is 12.6. The van der Waals surface area contributed by atoms with E-state index in [9.17, 15) is 19.5 Å². The van der Waals surface area contributed by atoms with E-state index in [1.807, 2.05) is 12.1 Å². The summed E-state index contributed by atoms with van der Waals surface area (Å²) in [5, 5.41) is 10.1. The Morgan fingerprint density at radius 2 is 1.85 bits per heavy atom. The van der Waals surface area contributed by atoms with Crippen molar-refractivity contribution in [3.05, 3.63) is 53.6 Å². The summed E-state index contributed by atoms with van der Waals surface area (Å²) < 4.78 is 17.2. The molecule has 7 heteroatoms. The van der Waals surface area contributed by atoms with Crippen LogP contribution in [0, 0.1) is 29.1 Å². The average molecular weight is 551 g/mol. The Hall–Kier alpha value is -2.93. The predicted octanol–water partition coefficient (Wildman–Crippen LogP) is 5.49. The lowest BCUT2D eigenvalue weighted by atomic mass is 9.64. The van der Waals surface area contributed by atoms with Crippen LogP contribution in [-0.4, -0.2) is 41.3 Å². The zero-order valence-electron chi connectivity index (χ0n) is 23.8. The molecule has 3 aliphatic carbocycles. The van der Waals surface area contributed by atoms with Gasteiger partial charge in [0.2, 0.25) is 0 Å². The van der Waals surface area contributed by atoms with Gasteiger partial charge in [0.25, 0.3) is 0 Å². The molecule has 4 aliphatic rings. The number of carbonyl (C=O) groups excluding carboxylic acids is 3. The Labute approximate surface area is 237 Å². The molecule has 216 valence electrons. The Morgan fingerprint density at radius 3 is 2.50 bits per heavy atom. The summed E-state index contributed by atoms with van der Waals surface area (Å²) in [4.78, 5) is 37.0. The number of hydrogen-bond donors (Lipinski definition) is 1. The molecule has 2 fully saturated rings. The van der Waals surface area contributed by atoms with Crippen LogP contribution in [0.15, 0.2) is 48.1 Å². The standard InChI is InChI=1S/C33H42O7/c1-20-15-24-8-5-21(2)28(12-11-27-17-25(35)18-30(36)39-27)31(24)29(16-20)40-32(37)33(13-4-14-33)19-23-6-9-26(10-7-23)38-22(3)34/h5-10,15,20-21,25,27-29,31,35H,4,11-14,16-19H2,1-3H3/t20-,21-,25+,27+,28-,29-,31-/m0/s1. The van der Waals surface area contributed by atoms with Crippen molar-refractivity contribution in [2.75, 3.05) is 0 Å². The largest absolute Gasteiger partial charge is 0.462 e. The molecule has 0 spiro atoms. The van der Waals surface area contributed by atoms with Crippen LogP contribution in [0.3, 0.4) is 0 Å². The normalized spacial score (nSPS) is 32.6. The van der Waals surface area contributed by atoms with Crippen LogP contribution in [0.5, 0.6) is 5.75 Å². The third-order valence-electron chi connectivity index (χ3n) is 9.38. The lowest BCUT2D eigenvalue weighted by molar-refractivity contribution is -0.172. The molecule has 0 bridgehead atoms. The Balaban J connectivity index is 1.29. The highest BCUT2D eigenvalue weighted by Gasteiger charge is 2.49. The fourth-order valence-electron chi connectivity index (χ4n) is 7.19. The molecule has 1 heterocycles. The van der Waals surface area contributed by atoms with Gasteiger partial charge in [-0.1, -0.05) is 50.6 Å². The van der Waals surface area contributed by atoms with Crippen molar-refractivity contribution in [1.29, 1.82) is 0 Å². The Morgan fingerprint density at radius 1 is 1.10 bits per heavy atom. The van der Waals surface area contributed by atoms with Crippen molar-refractivity contribution in [2.24, 2.45) is 29.1 Å². The molecule has 0 unspecified atom stereocenters. The van der Waals surface area contributed by atoms with Crippen LogP contribution in [0.1, 0.15) is 77.7 Å². The van der Waals surface area contributed by atoms with E-state index in [1.165, 1.54) is 12.5 Å². The van der Waals surface area contributed by atoms with Gasteiger partial charge in [0.05, 0.1) is 17.9 Å². The van der Waals surface area contributed by atoms with Gasteiger partial charge in [0.1, 0.15) is 18.0 Å². The fraction of sp³-hybridized carbons (Fsp3) is 0.606. The molecule has 1 saturated carbocycles. The summed E-state index contributed by atoms with van der Waals surface area (Å²) in [5.74, 6) is 0.676. The minimum absolute atomic E-state index is 0.0720. The van der Waals surface area contributed by atoms with Crippen LogP contribution >= 0.6 is 0 Å². The summed E-state index contributed by atoms with van der Waals surface area (Å²) >= 11 is 0. The number of hydrogen-bond acceptors (Lipinski definition) is 7. The molecule has 1 aromatic rings. The molecule has 7 atom stereocenters. The van der Waals surface area contributed by atoms with E-state index in [0.29, 0.717) is 36.8 Å². The van der Waals surface area contributed by atoms with Crippen LogP contribution in [0.25, 0.3) is 0 Å². The van der Waals surface area contributed by atoms with Crippen molar-refractivity contribution in [2.45, 2.75) is 96.9 Å². The van der Waals surface area contributed by atoms with Crippen LogP contribution in [0.4, 0.5) is 0 Å². The first-order chi connectivity index (χ1) is 19.1. The second-order valence-corrected chi connectivity index (χ2v) is 12.6. The predicted molar refractivity (Wildman–Crippen MR) is 149 cm³/mol. The number of esters is 3. The topological polar surface area (TPSA) is 99.1 Å². The molecule has 7 nitrogen and oxygen atoms in total. The molecular weight excluding hydrogens is 508 g/mol.